The van der Waals surface area contributed by atoms with Gasteiger partial charge in [0.05, 0.1) is 18.1 Å². The molecule has 0 spiro atoms. The number of ether oxygens (including phenoxy) is 1. The van der Waals surface area contributed by atoms with Gasteiger partial charge in [-0.15, -0.1) is 5.10 Å². The average Bonchev–Trinajstić information content (AvgIpc) is 3.09. The van der Waals surface area contributed by atoms with Gasteiger partial charge in [0.1, 0.15) is 5.75 Å². The first-order valence-electron chi connectivity index (χ1n) is 10.1. The molecule has 2 aromatic rings. The van der Waals surface area contributed by atoms with E-state index >= 15 is 0 Å². The number of thioether (sulfide) groups is 1. The second-order valence-corrected chi connectivity index (χ2v) is 8.08. The van der Waals surface area contributed by atoms with E-state index in [-0.39, 0.29) is 11.2 Å². The maximum atomic E-state index is 12.2. The van der Waals surface area contributed by atoms with Crippen LogP contribution in [0.15, 0.2) is 58.7 Å². The van der Waals surface area contributed by atoms with Crippen molar-refractivity contribution in [2.24, 2.45) is 10.2 Å². The van der Waals surface area contributed by atoms with Gasteiger partial charge in [0.15, 0.2) is 5.17 Å². The minimum absolute atomic E-state index is 0.0166. The summed E-state index contributed by atoms with van der Waals surface area (Å²) in [6, 6.07) is 16.2. The largest absolute Gasteiger partial charge is 0.494 e. The predicted molar refractivity (Wildman–Crippen MR) is 121 cm³/mol. The van der Waals surface area contributed by atoms with E-state index in [0.29, 0.717) is 11.6 Å². The van der Waals surface area contributed by atoms with Crippen LogP contribution in [0.2, 0.25) is 0 Å². The van der Waals surface area contributed by atoms with E-state index in [1.54, 1.807) is 6.21 Å². The van der Waals surface area contributed by atoms with Crippen molar-refractivity contribution in [3.05, 3.63) is 65.2 Å². The molecule has 1 fully saturated rings. The lowest BCUT2D eigenvalue weighted by atomic mass is 10.1. The van der Waals surface area contributed by atoms with Crippen LogP contribution in [0.4, 0.5) is 0 Å². The van der Waals surface area contributed by atoms with Crippen molar-refractivity contribution in [3.8, 4) is 5.75 Å². The number of nitrogens with zero attached hydrogens (tertiary/aromatic N) is 2. The van der Waals surface area contributed by atoms with E-state index in [2.05, 4.69) is 53.6 Å². The minimum Gasteiger partial charge on any atom is -0.494 e. The van der Waals surface area contributed by atoms with Crippen LogP contribution in [-0.2, 0) is 17.6 Å². The summed E-state index contributed by atoms with van der Waals surface area (Å²) in [5, 5.41) is 11.5. The van der Waals surface area contributed by atoms with Gasteiger partial charge in [0.2, 0.25) is 5.91 Å². The zero-order valence-electron chi connectivity index (χ0n) is 16.9. The molecule has 0 bridgehead atoms. The summed E-state index contributed by atoms with van der Waals surface area (Å²) in [6.07, 6.45) is 5.54. The molecule has 1 atom stereocenters. The SMILES string of the molecule is CCCCOc1ccc(/C=N\N=C2/NC(=O)[C@H](Cc3ccc(CC)cc3)S2)cc1. The second-order valence-electron chi connectivity index (χ2n) is 6.89. The Morgan fingerprint density at radius 3 is 2.48 bits per heavy atom. The molecule has 6 heteroatoms. The Morgan fingerprint density at radius 1 is 1.07 bits per heavy atom. The molecule has 1 saturated heterocycles. The molecular formula is C23H27N3O2S. The van der Waals surface area contributed by atoms with Gasteiger partial charge in [-0.05, 0) is 60.2 Å². The first kappa shape index (κ1) is 21.1. The summed E-state index contributed by atoms with van der Waals surface area (Å²) in [7, 11) is 0. The molecule has 1 aliphatic rings. The third-order valence-corrected chi connectivity index (χ3v) is 5.70. The molecule has 3 rings (SSSR count). The fourth-order valence-corrected chi connectivity index (χ4v) is 3.81. The third kappa shape index (κ3) is 6.46. The maximum Gasteiger partial charge on any atom is 0.239 e. The highest BCUT2D eigenvalue weighted by Crippen LogP contribution is 2.23. The Balaban J connectivity index is 1.52. The van der Waals surface area contributed by atoms with Crippen molar-refractivity contribution in [2.75, 3.05) is 6.61 Å². The van der Waals surface area contributed by atoms with Gasteiger partial charge >= 0.3 is 0 Å². The van der Waals surface area contributed by atoms with Gasteiger partial charge in [0.25, 0.3) is 0 Å². The summed E-state index contributed by atoms with van der Waals surface area (Å²) >= 11 is 1.43. The molecule has 5 nitrogen and oxygen atoms in total. The normalized spacial score (nSPS) is 17.8. The Kier molecular flexibility index (Phi) is 7.87. The van der Waals surface area contributed by atoms with Gasteiger partial charge in [-0.2, -0.15) is 5.10 Å². The molecule has 0 saturated carbocycles. The number of benzene rings is 2. The average molecular weight is 410 g/mol. The van der Waals surface area contributed by atoms with E-state index in [1.807, 2.05) is 24.3 Å². The lowest BCUT2D eigenvalue weighted by Gasteiger charge is -2.06. The Labute approximate surface area is 176 Å². The zero-order valence-corrected chi connectivity index (χ0v) is 17.7. The van der Waals surface area contributed by atoms with Crippen molar-refractivity contribution in [1.82, 2.24) is 5.32 Å². The van der Waals surface area contributed by atoms with Crippen LogP contribution in [0.1, 0.15) is 43.4 Å². The minimum atomic E-state index is -0.170. The molecule has 1 heterocycles. The second kappa shape index (κ2) is 10.8. The molecule has 0 aliphatic carbocycles. The Bertz CT molecular complexity index is 861. The van der Waals surface area contributed by atoms with Crippen LogP contribution in [0.5, 0.6) is 5.75 Å². The lowest BCUT2D eigenvalue weighted by molar-refractivity contribution is -0.118. The van der Waals surface area contributed by atoms with Crippen LogP contribution >= 0.6 is 11.8 Å². The standard InChI is InChI=1S/C23H27N3O2S/c1-3-5-14-28-20-12-10-19(11-13-20)16-24-26-23-25-22(27)21(29-23)15-18-8-6-17(4-2)7-9-18/h6-13,16,21H,3-5,14-15H2,1-2H3,(H,25,26,27)/b24-16-/t21-/m0/s1. The maximum absolute atomic E-state index is 12.2. The number of aryl methyl sites for hydroxylation is 1. The number of amidine groups is 1. The van der Waals surface area contributed by atoms with Crippen molar-refractivity contribution in [1.29, 1.82) is 0 Å². The van der Waals surface area contributed by atoms with Gasteiger partial charge in [-0.25, -0.2) is 0 Å². The molecule has 1 amide bonds. The summed E-state index contributed by atoms with van der Waals surface area (Å²) < 4.78 is 5.65. The molecule has 0 aromatic heterocycles. The van der Waals surface area contributed by atoms with Gasteiger partial charge in [0, 0.05) is 0 Å². The number of amides is 1. The quantitative estimate of drug-likeness (QED) is 0.374. The summed E-state index contributed by atoms with van der Waals surface area (Å²) in [6.45, 7) is 5.01. The zero-order chi connectivity index (χ0) is 20.5. The first-order chi connectivity index (χ1) is 14.2. The number of rotatable bonds is 9. The molecule has 29 heavy (non-hydrogen) atoms. The van der Waals surface area contributed by atoms with Crippen LogP contribution < -0.4 is 10.1 Å². The number of hydrogen-bond acceptors (Lipinski definition) is 5. The first-order valence-corrected chi connectivity index (χ1v) is 10.9. The van der Waals surface area contributed by atoms with Crippen molar-refractivity contribution < 1.29 is 9.53 Å². The fraction of sp³-hybridized carbons (Fsp3) is 0.348. The monoisotopic (exact) mass is 409 g/mol. The highest BCUT2D eigenvalue weighted by atomic mass is 32.2. The smallest absolute Gasteiger partial charge is 0.239 e. The van der Waals surface area contributed by atoms with Crippen LogP contribution in [-0.4, -0.2) is 29.1 Å². The van der Waals surface area contributed by atoms with Crippen LogP contribution in [0.3, 0.4) is 0 Å². The summed E-state index contributed by atoms with van der Waals surface area (Å²) in [5.41, 5.74) is 3.38. The van der Waals surface area contributed by atoms with Gasteiger partial charge in [-0.1, -0.05) is 56.3 Å². The highest BCUT2D eigenvalue weighted by Gasteiger charge is 2.30. The summed E-state index contributed by atoms with van der Waals surface area (Å²) in [5.74, 6) is 0.840. The van der Waals surface area contributed by atoms with E-state index < -0.39 is 0 Å². The van der Waals surface area contributed by atoms with Crippen molar-refractivity contribution >= 4 is 29.1 Å². The Hall–Kier alpha value is -2.60. The van der Waals surface area contributed by atoms with Crippen molar-refractivity contribution in [2.45, 2.75) is 44.8 Å². The van der Waals surface area contributed by atoms with E-state index in [4.69, 9.17) is 4.74 Å². The number of carbonyl (C=O) groups is 1. The number of nitrogens with one attached hydrogen (secondary N) is 1. The molecule has 1 aliphatic heterocycles. The molecule has 2 aromatic carbocycles. The van der Waals surface area contributed by atoms with Crippen molar-refractivity contribution in [3.63, 3.8) is 0 Å². The number of carbonyl (C=O) groups excluding carboxylic acids is 1. The third-order valence-electron chi connectivity index (χ3n) is 4.63. The molecule has 152 valence electrons. The van der Waals surface area contributed by atoms with E-state index in [9.17, 15) is 4.79 Å². The molecular weight excluding hydrogens is 382 g/mol. The lowest BCUT2D eigenvalue weighted by Crippen LogP contribution is -2.25. The number of unbranched alkanes of at least 4 members (excludes halogenated alkanes) is 1. The van der Waals surface area contributed by atoms with E-state index in [0.717, 1.165) is 42.7 Å². The molecule has 1 N–H and O–H groups in total. The van der Waals surface area contributed by atoms with Gasteiger partial charge < -0.3 is 10.1 Å². The van der Waals surface area contributed by atoms with Crippen LogP contribution in [0, 0.1) is 0 Å². The number of hydrogen-bond donors (Lipinski definition) is 1. The molecule has 0 radical (unpaired) electrons. The molecule has 0 unspecified atom stereocenters. The van der Waals surface area contributed by atoms with Gasteiger partial charge in [-0.3, -0.25) is 4.79 Å². The fourth-order valence-electron chi connectivity index (χ4n) is 2.84. The Morgan fingerprint density at radius 2 is 1.79 bits per heavy atom. The topological polar surface area (TPSA) is 63.1 Å². The predicted octanol–water partition coefficient (Wildman–Crippen LogP) is 4.59. The van der Waals surface area contributed by atoms with E-state index in [1.165, 1.54) is 17.3 Å². The van der Waals surface area contributed by atoms with Crippen LogP contribution in [0.25, 0.3) is 0 Å². The summed E-state index contributed by atoms with van der Waals surface area (Å²) in [4.78, 5) is 12.2. The highest BCUT2D eigenvalue weighted by molar-refractivity contribution is 8.15.